The summed E-state index contributed by atoms with van der Waals surface area (Å²) in [6, 6.07) is 7.67. The van der Waals surface area contributed by atoms with Crippen molar-refractivity contribution in [2.45, 2.75) is 18.4 Å². The lowest BCUT2D eigenvalue weighted by Crippen LogP contribution is -2.23. The van der Waals surface area contributed by atoms with Crippen molar-refractivity contribution in [3.8, 4) is 0 Å². The molecule has 10 heteroatoms. The van der Waals surface area contributed by atoms with E-state index >= 15 is 0 Å². The first kappa shape index (κ1) is 15.8. The van der Waals surface area contributed by atoms with Crippen molar-refractivity contribution in [2.75, 3.05) is 5.32 Å². The van der Waals surface area contributed by atoms with E-state index in [0.29, 0.717) is 11.9 Å². The monoisotopic (exact) mass is 380 g/mol. The van der Waals surface area contributed by atoms with Gasteiger partial charge in [0.1, 0.15) is 11.6 Å². The second-order valence-corrected chi connectivity index (χ2v) is 7.37. The van der Waals surface area contributed by atoms with Crippen LogP contribution in [0, 0.1) is 6.92 Å². The third-order valence-electron chi connectivity index (χ3n) is 4.27. The van der Waals surface area contributed by atoms with Crippen molar-refractivity contribution in [1.82, 2.24) is 34.3 Å². The molecule has 0 atom stereocenters. The number of aromatic amines is 3. The number of hydrogen-bond donors (Lipinski definition) is 4. The van der Waals surface area contributed by atoms with Crippen molar-refractivity contribution in [3.63, 3.8) is 0 Å². The molecule has 0 amide bonds. The Morgan fingerprint density at radius 3 is 3.04 bits per heavy atom. The molecule has 0 aliphatic carbocycles. The minimum Gasteiger partial charge on any atom is -0.323 e. The number of fused-ring (bicyclic) bond motifs is 2. The van der Waals surface area contributed by atoms with E-state index in [-0.39, 0.29) is 5.56 Å². The summed E-state index contributed by atoms with van der Waals surface area (Å²) in [5, 5.41) is 16.7. The third-order valence-corrected chi connectivity index (χ3v) is 5.21. The van der Waals surface area contributed by atoms with Crippen molar-refractivity contribution < 1.29 is 0 Å². The molecule has 4 N–H and O–H groups in total. The maximum absolute atomic E-state index is 11.7. The molecule has 0 unspecified atom stereocenters. The first-order valence-corrected chi connectivity index (χ1v) is 9.11. The topological polar surface area (TPSA) is 110 Å². The average Bonchev–Trinajstić information content (AvgIpc) is 3.36. The van der Waals surface area contributed by atoms with E-state index in [1.165, 1.54) is 0 Å². The zero-order chi connectivity index (χ0) is 18.4. The Morgan fingerprint density at radius 1 is 1.26 bits per heavy atom. The summed E-state index contributed by atoms with van der Waals surface area (Å²) in [6.07, 6.45) is 5.73. The highest BCUT2D eigenvalue weighted by Crippen LogP contribution is 2.31. The molecule has 0 saturated heterocycles. The summed E-state index contributed by atoms with van der Waals surface area (Å²) >= 11 is 1.57. The van der Waals surface area contributed by atoms with Crippen LogP contribution in [0.4, 0.5) is 5.82 Å². The maximum Gasteiger partial charge on any atom is 0.271 e. The number of aromatic nitrogens is 6. The first-order valence-electron chi connectivity index (χ1n) is 8.34. The zero-order valence-electron chi connectivity index (χ0n) is 14.4. The third kappa shape index (κ3) is 2.89. The Morgan fingerprint density at radius 2 is 2.19 bits per heavy atom. The molecule has 0 fully saturated rings. The van der Waals surface area contributed by atoms with Crippen molar-refractivity contribution in [3.05, 3.63) is 64.7 Å². The van der Waals surface area contributed by atoms with E-state index in [0.717, 1.165) is 33.6 Å². The molecule has 0 saturated carbocycles. The lowest BCUT2D eigenvalue weighted by atomic mass is 10.2. The number of anilines is 1. The van der Waals surface area contributed by atoms with Gasteiger partial charge in [-0.05, 0) is 37.1 Å². The fraction of sp³-hybridized carbons (Fsp3) is 0.118. The van der Waals surface area contributed by atoms with Gasteiger partial charge in [-0.3, -0.25) is 24.7 Å². The fourth-order valence-electron chi connectivity index (χ4n) is 3.03. The Labute approximate surface area is 157 Å². The van der Waals surface area contributed by atoms with Gasteiger partial charge in [-0.25, -0.2) is 4.98 Å². The molecule has 4 aromatic rings. The van der Waals surface area contributed by atoms with Crippen LogP contribution in [-0.4, -0.2) is 34.3 Å². The highest BCUT2D eigenvalue weighted by Gasteiger charge is 2.19. The first-order chi connectivity index (χ1) is 13.2. The molecule has 9 nitrogen and oxygen atoms in total. The van der Waals surface area contributed by atoms with E-state index in [1.54, 1.807) is 18.1 Å². The number of nitrogens with zero attached hydrogens (tertiary/aromatic N) is 4. The van der Waals surface area contributed by atoms with Gasteiger partial charge in [0.2, 0.25) is 0 Å². The quantitative estimate of drug-likeness (QED) is 0.405. The second kappa shape index (κ2) is 6.09. The van der Waals surface area contributed by atoms with Crippen molar-refractivity contribution in [1.29, 1.82) is 0 Å². The van der Waals surface area contributed by atoms with Crippen LogP contribution in [0.5, 0.6) is 0 Å². The Balaban J connectivity index is 1.44. The lowest BCUT2D eigenvalue weighted by Gasteiger charge is -2.26. The molecule has 27 heavy (non-hydrogen) atoms. The number of H-pyrrole nitrogens is 3. The van der Waals surface area contributed by atoms with E-state index < -0.39 is 0 Å². The molecule has 0 radical (unpaired) electrons. The SMILES string of the molecule is Cc1cc(NC2=CN(Sc3ccc4c(=O)[nH][nH]c4c3)Cc3nccn32)n[nH]1. The van der Waals surface area contributed by atoms with Gasteiger partial charge in [0.25, 0.3) is 5.56 Å². The molecule has 1 aliphatic heterocycles. The van der Waals surface area contributed by atoms with E-state index in [9.17, 15) is 4.79 Å². The van der Waals surface area contributed by atoms with Gasteiger partial charge in [-0.1, -0.05) is 0 Å². The lowest BCUT2D eigenvalue weighted by molar-refractivity contribution is 0.562. The normalized spacial score (nSPS) is 13.7. The Bertz CT molecular complexity index is 1210. The number of benzene rings is 1. The Hall–Kier alpha value is -3.40. The number of rotatable bonds is 4. The molecule has 1 aromatic carbocycles. The van der Waals surface area contributed by atoms with Gasteiger partial charge in [-0.2, -0.15) is 5.10 Å². The van der Waals surface area contributed by atoms with Gasteiger partial charge in [-0.15, -0.1) is 0 Å². The van der Waals surface area contributed by atoms with Crippen LogP contribution in [0.15, 0.2) is 52.5 Å². The van der Waals surface area contributed by atoms with Crippen LogP contribution >= 0.6 is 11.9 Å². The van der Waals surface area contributed by atoms with Gasteiger partial charge in [0.05, 0.1) is 23.6 Å². The summed E-state index contributed by atoms with van der Waals surface area (Å²) < 4.78 is 4.10. The predicted octanol–water partition coefficient (Wildman–Crippen LogP) is 2.48. The summed E-state index contributed by atoms with van der Waals surface area (Å²) in [5.74, 6) is 2.54. The summed E-state index contributed by atoms with van der Waals surface area (Å²) in [6.45, 7) is 2.61. The highest BCUT2D eigenvalue weighted by atomic mass is 32.2. The van der Waals surface area contributed by atoms with Crippen LogP contribution in [-0.2, 0) is 6.54 Å². The number of aryl methyl sites for hydroxylation is 1. The molecule has 5 rings (SSSR count). The molecule has 4 heterocycles. The van der Waals surface area contributed by atoms with Crippen LogP contribution in [0.25, 0.3) is 16.7 Å². The van der Waals surface area contributed by atoms with E-state index in [4.69, 9.17) is 0 Å². The zero-order valence-corrected chi connectivity index (χ0v) is 15.2. The molecule has 0 spiro atoms. The van der Waals surface area contributed by atoms with Gasteiger partial charge in [0, 0.05) is 29.0 Å². The molecule has 3 aromatic heterocycles. The number of imidazole rings is 1. The van der Waals surface area contributed by atoms with Gasteiger partial charge >= 0.3 is 0 Å². The fourth-order valence-corrected chi connectivity index (χ4v) is 3.93. The minimum atomic E-state index is -0.109. The molecular weight excluding hydrogens is 364 g/mol. The summed E-state index contributed by atoms with van der Waals surface area (Å²) in [5.41, 5.74) is 1.67. The van der Waals surface area contributed by atoms with Crippen molar-refractivity contribution in [2.24, 2.45) is 0 Å². The average molecular weight is 380 g/mol. The van der Waals surface area contributed by atoms with Crippen LogP contribution in [0.2, 0.25) is 0 Å². The smallest absolute Gasteiger partial charge is 0.271 e. The number of nitrogens with one attached hydrogen (secondary N) is 4. The molecule has 1 aliphatic rings. The molecular formula is C17H16N8OS. The van der Waals surface area contributed by atoms with E-state index in [1.807, 2.05) is 48.2 Å². The minimum absolute atomic E-state index is 0.109. The maximum atomic E-state index is 11.7. The Kier molecular flexibility index (Phi) is 3.57. The van der Waals surface area contributed by atoms with Crippen LogP contribution in [0.1, 0.15) is 11.5 Å². The largest absolute Gasteiger partial charge is 0.323 e. The highest BCUT2D eigenvalue weighted by molar-refractivity contribution is 7.97. The van der Waals surface area contributed by atoms with Gasteiger partial charge in [0.15, 0.2) is 5.82 Å². The summed E-state index contributed by atoms with van der Waals surface area (Å²) in [4.78, 5) is 17.1. The standard InChI is InChI=1S/C17H16N8OS/c1-10-6-14(22-20-10)19-16-9-24(8-15-18-4-5-25(15)16)27-11-2-3-12-13(7-11)21-23-17(12)26/h2-7,9H,8H2,1H3,(H2,19,20,22)(H2,21,23,26). The molecule has 136 valence electrons. The summed E-state index contributed by atoms with van der Waals surface area (Å²) in [7, 11) is 0. The second-order valence-electron chi connectivity index (χ2n) is 6.24. The predicted molar refractivity (Wildman–Crippen MR) is 104 cm³/mol. The van der Waals surface area contributed by atoms with Gasteiger partial charge < -0.3 is 9.62 Å². The number of hydrogen-bond acceptors (Lipinski definition) is 6. The van der Waals surface area contributed by atoms with Crippen molar-refractivity contribution >= 4 is 34.5 Å². The van der Waals surface area contributed by atoms with Crippen LogP contribution < -0.4 is 10.9 Å². The molecule has 0 bridgehead atoms. The van der Waals surface area contributed by atoms with E-state index in [2.05, 4.69) is 35.0 Å². The van der Waals surface area contributed by atoms with Crippen LogP contribution in [0.3, 0.4) is 0 Å².